The number of para-hydroxylation sites is 1. The first-order chi connectivity index (χ1) is 12.3. The van der Waals surface area contributed by atoms with Gasteiger partial charge >= 0.3 is 0 Å². The molecule has 0 unspecified atom stereocenters. The Hall–Kier alpha value is -2.40. The average Bonchev–Trinajstić information content (AvgIpc) is 3.06. The third kappa shape index (κ3) is 3.66. The van der Waals surface area contributed by atoms with Crippen molar-refractivity contribution in [3.63, 3.8) is 0 Å². The van der Waals surface area contributed by atoms with Crippen molar-refractivity contribution >= 4 is 16.9 Å². The highest BCUT2D eigenvalue weighted by Crippen LogP contribution is 2.19. The standard InChI is InChI=1S/C20H25N5/c1-16-13-22-20(23-14-16)25-11-9-24(10-12-25)8-4-5-17-15-21-19-7-3-2-6-18(17)19/h2-3,6-7,13-15,21H,4-5,8-12H2,1H3. The van der Waals surface area contributed by atoms with Crippen molar-refractivity contribution in [3.8, 4) is 0 Å². The van der Waals surface area contributed by atoms with Gasteiger partial charge in [0.15, 0.2) is 0 Å². The molecule has 5 heteroatoms. The highest BCUT2D eigenvalue weighted by molar-refractivity contribution is 5.82. The Kier molecular flexibility index (Phi) is 4.65. The first kappa shape index (κ1) is 16.1. The molecule has 0 radical (unpaired) electrons. The lowest BCUT2D eigenvalue weighted by molar-refractivity contribution is 0.254. The zero-order chi connectivity index (χ0) is 17.1. The predicted molar refractivity (Wildman–Crippen MR) is 102 cm³/mol. The minimum Gasteiger partial charge on any atom is -0.361 e. The van der Waals surface area contributed by atoms with Crippen LogP contribution in [-0.4, -0.2) is 52.6 Å². The number of fused-ring (bicyclic) bond motifs is 1. The van der Waals surface area contributed by atoms with Crippen LogP contribution in [0.4, 0.5) is 5.95 Å². The van der Waals surface area contributed by atoms with Crippen molar-refractivity contribution in [2.24, 2.45) is 0 Å². The van der Waals surface area contributed by atoms with Gasteiger partial charge in [-0.25, -0.2) is 9.97 Å². The molecule has 0 saturated carbocycles. The van der Waals surface area contributed by atoms with Crippen molar-refractivity contribution in [3.05, 3.63) is 54.0 Å². The van der Waals surface area contributed by atoms with Gasteiger partial charge in [-0.1, -0.05) is 18.2 Å². The normalized spacial score (nSPS) is 15.8. The molecule has 3 heterocycles. The second kappa shape index (κ2) is 7.23. The van der Waals surface area contributed by atoms with Gasteiger partial charge in [-0.3, -0.25) is 4.90 Å². The predicted octanol–water partition coefficient (Wildman–Crippen LogP) is 3.02. The first-order valence-electron chi connectivity index (χ1n) is 9.10. The Morgan fingerprint density at radius 2 is 1.80 bits per heavy atom. The number of nitrogens with one attached hydrogen (secondary N) is 1. The summed E-state index contributed by atoms with van der Waals surface area (Å²) in [6.07, 6.45) is 8.29. The van der Waals surface area contributed by atoms with Crippen LogP contribution in [0.5, 0.6) is 0 Å². The van der Waals surface area contributed by atoms with Crippen molar-refractivity contribution in [2.45, 2.75) is 19.8 Å². The number of aromatic nitrogens is 3. The molecule has 1 aliphatic rings. The van der Waals surface area contributed by atoms with Gasteiger partial charge in [0, 0.05) is 55.7 Å². The molecule has 5 nitrogen and oxygen atoms in total. The summed E-state index contributed by atoms with van der Waals surface area (Å²) in [5.41, 5.74) is 3.78. The van der Waals surface area contributed by atoms with E-state index in [1.54, 1.807) is 0 Å². The lowest BCUT2D eigenvalue weighted by atomic mass is 10.1. The van der Waals surface area contributed by atoms with E-state index in [2.05, 4.69) is 55.2 Å². The molecule has 1 saturated heterocycles. The van der Waals surface area contributed by atoms with E-state index >= 15 is 0 Å². The van der Waals surface area contributed by atoms with Crippen LogP contribution in [0.15, 0.2) is 42.9 Å². The smallest absolute Gasteiger partial charge is 0.225 e. The van der Waals surface area contributed by atoms with Gasteiger partial charge in [-0.2, -0.15) is 0 Å². The number of benzene rings is 1. The van der Waals surface area contributed by atoms with Crippen LogP contribution in [0.3, 0.4) is 0 Å². The first-order valence-corrected chi connectivity index (χ1v) is 9.10. The minimum atomic E-state index is 0.865. The molecule has 0 aliphatic carbocycles. The fourth-order valence-corrected chi connectivity index (χ4v) is 3.55. The maximum atomic E-state index is 4.44. The van der Waals surface area contributed by atoms with Crippen LogP contribution in [-0.2, 0) is 6.42 Å². The highest BCUT2D eigenvalue weighted by atomic mass is 15.3. The summed E-state index contributed by atoms with van der Waals surface area (Å²) in [7, 11) is 0. The number of rotatable bonds is 5. The lowest BCUT2D eigenvalue weighted by Gasteiger charge is -2.34. The molecule has 25 heavy (non-hydrogen) atoms. The average molecular weight is 335 g/mol. The molecule has 0 atom stereocenters. The maximum absolute atomic E-state index is 4.44. The van der Waals surface area contributed by atoms with Gasteiger partial charge in [-0.15, -0.1) is 0 Å². The molecular weight excluding hydrogens is 310 g/mol. The van der Waals surface area contributed by atoms with Gasteiger partial charge in [0.05, 0.1) is 0 Å². The van der Waals surface area contributed by atoms with Crippen LogP contribution in [0.2, 0.25) is 0 Å². The quantitative estimate of drug-likeness (QED) is 0.779. The van der Waals surface area contributed by atoms with E-state index in [0.29, 0.717) is 0 Å². The van der Waals surface area contributed by atoms with Crippen molar-refractivity contribution in [2.75, 3.05) is 37.6 Å². The largest absolute Gasteiger partial charge is 0.361 e. The number of anilines is 1. The number of hydrogen-bond donors (Lipinski definition) is 1. The summed E-state index contributed by atoms with van der Waals surface area (Å²) < 4.78 is 0. The Bertz CT molecular complexity index is 815. The fourth-order valence-electron chi connectivity index (χ4n) is 3.55. The zero-order valence-corrected chi connectivity index (χ0v) is 14.8. The van der Waals surface area contributed by atoms with Crippen LogP contribution < -0.4 is 4.90 Å². The molecule has 2 aromatic heterocycles. The number of hydrogen-bond acceptors (Lipinski definition) is 4. The molecule has 3 aromatic rings. The monoisotopic (exact) mass is 335 g/mol. The van der Waals surface area contributed by atoms with Crippen LogP contribution >= 0.6 is 0 Å². The second-order valence-electron chi connectivity index (χ2n) is 6.85. The number of piperazine rings is 1. The van der Waals surface area contributed by atoms with Gasteiger partial charge in [-0.05, 0) is 43.5 Å². The van der Waals surface area contributed by atoms with E-state index in [-0.39, 0.29) is 0 Å². The molecule has 0 spiro atoms. The number of H-pyrrole nitrogens is 1. The topological polar surface area (TPSA) is 48.1 Å². The second-order valence-corrected chi connectivity index (χ2v) is 6.85. The third-order valence-electron chi connectivity index (χ3n) is 5.02. The van der Waals surface area contributed by atoms with Gasteiger partial charge in [0.25, 0.3) is 0 Å². The van der Waals surface area contributed by atoms with E-state index < -0.39 is 0 Å². The third-order valence-corrected chi connectivity index (χ3v) is 5.02. The Morgan fingerprint density at radius 1 is 1.04 bits per heavy atom. The number of aromatic amines is 1. The number of aryl methyl sites for hydroxylation is 2. The van der Waals surface area contributed by atoms with Crippen molar-refractivity contribution in [1.29, 1.82) is 0 Å². The molecule has 4 rings (SSSR count). The Labute approximate surface area is 148 Å². The van der Waals surface area contributed by atoms with Gasteiger partial charge in [0.2, 0.25) is 5.95 Å². The fraction of sp³-hybridized carbons (Fsp3) is 0.400. The van der Waals surface area contributed by atoms with Gasteiger partial charge < -0.3 is 9.88 Å². The summed E-state index contributed by atoms with van der Waals surface area (Å²) in [6.45, 7) is 7.38. The van der Waals surface area contributed by atoms with E-state index in [9.17, 15) is 0 Å². The van der Waals surface area contributed by atoms with Crippen molar-refractivity contribution < 1.29 is 0 Å². The molecule has 0 amide bonds. The van der Waals surface area contributed by atoms with Crippen LogP contribution in [0.1, 0.15) is 17.5 Å². The zero-order valence-electron chi connectivity index (χ0n) is 14.8. The number of nitrogens with zero attached hydrogens (tertiary/aromatic N) is 4. The van der Waals surface area contributed by atoms with Crippen LogP contribution in [0.25, 0.3) is 10.9 Å². The highest BCUT2D eigenvalue weighted by Gasteiger charge is 2.18. The molecule has 1 fully saturated rings. The summed E-state index contributed by atoms with van der Waals surface area (Å²) in [4.78, 5) is 17.1. The van der Waals surface area contributed by atoms with E-state index in [1.807, 2.05) is 19.3 Å². The molecular formula is C20H25N5. The summed E-state index contributed by atoms with van der Waals surface area (Å²) in [6, 6.07) is 8.55. The van der Waals surface area contributed by atoms with E-state index in [0.717, 1.165) is 50.7 Å². The van der Waals surface area contributed by atoms with Crippen LogP contribution in [0, 0.1) is 6.92 Å². The maximum Gasteiger partial charge on any atom is 0.225 e. The molecule has 0 bridgehead atoms. The molecule has 130 valence electrons. The van der Waals surface area contributed by atoms with E-state index in [4.69, 9.17) is 0 Å². The van der Waals surface area contributed by atoms with E-state index in [1.165, 1.54) is 22.9 Å². The summed E-state index contributed by atoms with van der Waals surface area (Å²) >= 11 is 0. The Morgan fingerprint density at radius 3 is 2.60 bits per heavy atom. The summed E-state index contributed by atoms with van der Waals surface area (Å²) in [5.74, 6) is 0.865. The van der Waals surface area contributed by atoms with Gasteiger partial charge in [0.1, 0.15) is 0 Å². The Balaban J connectivity index is 1.26. The SMILES string of the molecule is Cc1cnc(N2CCN(CCCc3c[nH]c4ccccc34)CC2)nc1. The lowest BCUT2D eigenvalue weighted by Crippen LogP contribution is -2.47. The van der Waals surface area contributed by atoms with Crippen molar-refractivity contribution in [1.82, 2.24) is 19.9 Å². The molecule has 1 aliphatic heterocycles. The summed E-state index contributed by atoms with van der Waals surface area (Å²) in [5, 5.41) is 1.36. The molecule has 1 aromatic carbocycles. The minimum absolute atomic E-state index is 0.865. The molecule has 1 N–H and O–H groups in total.